The maximum absolute atomic E-state index is 11.7. The second-order valence-electron chi connectivity index (χ2n) is 13.6. The van der Waals surface area contributed by atoms with Gasteiger partial charge < -0.3 is 10.2 Å². The van der Waals surface area contributed by atoms with Crippen LogP contribution in [0.25, 0.3) is 11.1 Å². The summed E-state index contributed by atoms with van der Waals surface area (Å²) in [6.07, 6.45) is 0. The smallest absolute Gasteiger partial charge is 0.123 e. The molecule has 0 bridgehead atoms. The lowest BCUT2D eigenvalue weighted by molar-refractivity contribution is 0.281. The number of rotatable bonds is 2. The van der Waals surface area contributed by atoms with Crippen molar-refractivity contribution in [3.63, 3.8) is 0 Å². The lowest BCUT2D eigenvalue weighted by Crippen LogP contribution is -2.24. The SMILES string of the molecule is Cc1cc(C(C)(C)C)c(-c2c(CO)cc(C(C)(C)C)c(O)c2C(C)(C)C)c(C(C)(C)C)c1. The molecule has 2 rings (SSSR count). The molecule has 0 saturated carbocycles. The summed E-state index contributed by atoms with van der Waals surface area (Å²) >= 11 is 0. The van der Waals surface area contributed by atoms with Crippen molar-refractivity contribution in [2.75, 3.05) is 0 Å². The normalized spacial score (nSPS) is 13.6. The van der Waals surface area contributed by atoms with Crippen LogP contribution in [0.5, 0.6) is 5.75 Å². The molecule has 0 amide bonds. The molecule has 2 aromatic rings. The summed E-state index contributed by atoms with van der Waals surface area (Å²) in [5.41, 5.74) is 7.88. The van der Waals surface area contributed by atoms with Gasteiger partial charge in [0.15, 0.2) is 0 Å². The van der Waals surface area contributed by atoms with Crippen LogP contribution in [-0.4, -0.2) is 10.2 Å². The first kappa shape index (κ1) is 26.5. The fraction of sp³-hybridized carbons (Fsp3) is 0.600. The highest BCUT2D eigenvalue weighted by molar-refractivity contribution is 5.83. The van der Waals surface area contributed by atoms with E-state index in [-0.39, 0.29) is 28.3 Å². The summed E-state index contributed by atoms with van der Waals surface area (Å²) in [7, 11) is 0. The van der Waals surface area contributed by atoms with E-state index in [4.69, 9.17) is 0 Å². The largest absolute Gasteiger partial charge is 0.507 e. The van der Waals surface area contributed by atoms with E-state index in [1.165, 1.54) is 22.3 Å². The van der Waals surface area contributed by atoms with Crippen LogP contribution >= 0.6 is 0 Å². The standard InChI is InChI=1S/C30H46O2/c1-18-14-20(27(2,3)4)24(21(15-18)28(5,6)7)23-19(17-31)16-22(29(8,9)10)26(32)25(23)30(11,12)13/h14-16,31-32H,17H2,1-13H3. The molecule has 0 saturated heterocycles. The lowest BCUT2D eigenvalue weighted by atomic mass is 9.68. The summed E-state index contributed by atoms with van der Waals surface area (Å²) < 4.78 is 0. The summed E-state index contributed by atoms with van der Waals surface area (Å²) in [6.45, 7) is 28.4. The molecule has 2 nitrogen and oxygen atoms in total. The molecule has 2 heteroatoms. The quantitative estimate of drug-likeness (QED) is 0.498. The van der Waals surface area contributed by atoms with E-state index in [9.17, 15) is 10.2 Å². The van der Waals surface area contributed by atoms with E-state index in [0.29, 0.717) is 5.75 Å². The van der Waals surface area contributed by atoms with Crippen LogP contribution in [0.1, 0.15) is 116 Å². The summed E-state index contributed by atoms with van der Waals surface area (Å²) in [5.74, 6) is 0.359. The number of phenols is 1. The van der Waals surface area contributed by atoms with Gasteiger partial charge in [-0.15, -0.1) is 0 Å². The first-order valence-electron chi connectivity index (χ1n) is 11.9. The van der Waals surface area contributed by atoms with Gasteiger partial charge in [0.25, 0.3) is 0 Å². The molecule has 178 valence electrons. The Labute approximate surface area is 197 Å². The van der Waals surface area contributed by atoms with Crippen molar-refractivity contribution in [1.29, 1.82) is 0 Å². The third-order valence-corrected chi connectivity index (χ3v) is 6.26. The van der Waals surface area contributed by atoms with Crippen molar-refractivity contribution in [3.8, 4) is 16.9 Å². The average molecular weight is 439 g/mol. The van der Waals surface area contributed by atoms with Crippen LogP contribution in [-0.2, 0) is 28.3 Å². The van der Waals surface area contributed by atoms with Crippen LogP contribution in [0.4, 0.5) is 0 Å². The van der Waals surface area contributed by atoms with E-state index >= 15 is 0 Å². The van der Waals surface area contributed by atoms with Crippen LogP contribution in [0, 0.1) is 6.92 Å². The Bertz CT molecular complexity index is 963. The minimum atomic E-state index is -0.306. The summed E-state index contributed by atoms with van der Waals surface area (Å²) in [5, 5.41) is 22.3. The zero-order valence-corrected chi connectivity index (χ0v) is 22.8. The zero-order chi connectivity index (χ0) is 25.0. The van der Waals surface area contributed by atoms with Gasteiger partial charge in [-0.3, -0.25) is 0 Å². The molecule has 0 heterocycles. The van der Waals surface area contributed by atoms with Gasteiger partial charge in [-0.05, 0) is 68.0 Å². The van der Waals surface area contributed by atoms with E-state index < -0.39 is 0 Å². The number of aliphatic hydroxyl groups is 1. The molecule has 0 fully saturated rings. The van der Waals surface area contributed by atoms with Crippen molar-refractivity contribution >= 4 is 0 Å². The number of aromatic hydroxyl groups is 1. The predicted octanol–water partition coefficient (Wildman–Crippen LogP) is 8.05. The number of hydrogen-bond donors (Lipinski definition) is 2. The van der Waals surface area contributed by atoms with Gasteiger partial charge in [0.1, 0.15) is 5.75 Å². The molecule has 0 unspecified atom stereocenters. The maximum Gasteiger partial charge on any atom is 0.123 e. The molecule has 0 aliphatic heterocycles. The third-order valence-electron chi connectivity index (χ3n) is 6.26. The van der Waals surface area contributed by atoms with E-state index in [2.05, 4.69) is 102 Å². The molecule has 0 aliphatic rings. The monoisotopic (exact) mass is 438 g/mol. The number of aliphatic hydroxyl groups excluding tert-OH is 1. The van der Waals surface area contributed by atoms with Crippen molar-refractivity contribution < 1.29 is 10.2 Å². The first-order chi connectivity index (χ1) is 14.2. The Kier molecular flexibility index (Phi) is 6.78. The van der Waals surface area contributed by atoms with E-state index in [0.717, 1.165) is 22.3 Å². The second kappa shape index (κ2) is 8.20. The molecule has 2 N–H and O–H groups in total. The Morgan fingerprint density at radius 3 is 1.31 bits per heavy atom. The van der Waals surface area contributed by atoms with Gasteiger partial charge in [-0.1, -0.05) is 101 Å². The predicted molar refractivity (Wildman–Crippen MR) is 139 cm³/mol. The molecule has 2 aromatic carbocycles. The topological polar surface area (TPSA) is 40.5 Å². The molecule has 0 atom stereocenters. The van der Waals surface area contributed by atoms with Crippen molar-refractivity contribution in [2.45, 2.75) is 118 Å². The van der Waals surface area contributed by atoms with Crippen LogP contribution in [0.15, 0.2) is 18.2 Å². The molecule has 0 spiro atoms. The summed E-state index contributed by atoms with van der Waals surface area (Å²) in [6, 6.07) is 6.60. The maximum atomic E-state index is 11.7. The fourth-order valence-corrected chi connectivity index (χ4v) is 4.68. The van der Waals surface area contributed by atoms with Crippen molar-refractivity contribution in [1.82, 2.24) is 0 Å². The highest BCUT2D eigenvalue weighted by atomic mass is 16.3. The van der Waals surface area contributed by atoms with Gasteiger partial charge in [0, 0.05) is 5.56 Å². The van der Waals surface area contributed by atoms with Gasteiger partial charge >= 0.3 is 0 Å². The Morgan fingerprint density at radius 1 is 0.594 bits per heavy atom. The van der Waals surface area contributed by atoms with E-state index in [1.807, 2.05) is 6.07 Å². The molecular formula is C30H46O2. The number of phenolic OH excluding ortho intramolecular Hbond substituents is 1. The Balaban J connectivity index is 3.29. The zero-order valence-electron chi connectivity index (χ0n) is 22.8. The second-order valence-corrected chi connectivity index (χ2v) is 13.6. The first-order valence-corrected chi connectivity index (χ1v) is 11.9. The molecule has 32 heavy (non-hydrogen) atoms. The van der Waals surface area contributed by atoms with Crippen LogP contribution in [0.2, 0.25) is 0 Å². The number of benzene rings is 2. The Morgan fingerprint density at radius 2 is 1.00 bits per heavy atom. The van der Waals surface area contributed by atoms with E-state index in [1.54, 1.807) is 0 Å². The van der Waals surface area contributed by atoms with Crippen molar-refractivity contribution in [2.24, 2.45) is 0 Å². The minimum Gasteiger partial charge on any atom is -0.507 e. The molecule has 0 aromatic heterocycles. The van der Waals surface area contributed by atoms with Gasteiger partial charge in [-0.25, -0.2) is 0 Å². The van der Waals surface area contributed by atoms with Crippen LogP contribution < -0.4 is 0 Å². The van der Waals surface area contributed by atoms with Crippen LogP contribution in [0.3, 0.4) is 0 Å². The molecule has 0 aliphatic carbocycles. The lowest BCUT2D eigenvalue weighted by Gasteiger charge is -2.36. The van der Waals surface area contributed by atoms with Gasteiger partial charge in [0.05, 0.1) is 6.61 Å². The number of hydrogen-bond acceptors (Lipinski definition) is 2. The van der Waals surface area contributed by atoms with Gasteiger partial charge in [-0.2, -0.15) is 0 Å². The van der Waals surface area contributed by atoms with Gasteiger partial charge in [0.2, 0.25) is 0 Å². The average Bonchev–Trinajstić information content (AvgIpc) is 2.56. The fourth-order valence-electron chi connectivity index (χ4n) is 4.68. The number of aryl methyl sites for hydroxylation is 1. The highest BCUT2D eigenvalue weighted by Crippen LogP contribution is 2.51. The molecule has 0 radical (unpaired) electrons. The minimum absolute atomic E-state index is 0.0667. The Hall–Kier alpha value is -1.80. The highest BCUT2D eigenvalue weighted by Gasteiger charge is 2.35. The summed E-state index contributed by atoms with van der Waals surface area (Å²) in [4.78, 5) is 0. The van der Waals surface area contributed by atoms with Crippen molar-refractivity contribution in [3.05, 3.63) is 51.6 Å². The third kappa shape index (κ3) is 5.06. The molecular weight excluding hydrogens is 392 g/mol.